The van der Waals surface area contributed by atoms with E-state index in [0.717, 1.165) is 67.5 Å². The maximum Gasteiger partial charge on any atom is 0.124 e. The first-order valence-corrected chi connectivity index (χ1v) is 20.3. The van der Waals surface area contributed by atoms with Crippen LogP contribution in [0.5, 0.6) is 23.0 Å². The second-order valence-corrected chi connectivity index (χ2v) is 17.8. The van der Waals surface area contributed by atoms with Crippen molar-refractivity contribution in [3.05, 3.63) is 142 Å². The summed E-state index contributed by atoms with van der Waals surface area (Å²) in [4.78, 5) is 0. The minimum atomic E-state index is -0.936. The van der Waals surface area contributed by atoms with E-state index >= 15 is 0 Å². The van der Waals surface area contributed by atoms with Crippen LogP contribution in [0.15, 0.2) is 97.1 Å². The van der Waals surface area contributed by atoms with Crippen molar-refractivity contribution in [1.29, 1.82) is 0 Å². The first-order chi connectivity index (χ1) is 24.9. The minimum Gasteiger partial charge on any atom is -0.748 e. The molecule has 284 valence electrons. The third-order valence-electron chi connectivity index (χ3n) is 9.44. The average Bonchev–Trinajstić information content (AvgIpc) is 3.82. The normalized spacial score (nSPS) is 10.8. The van der Waals surface area contributed by atoms with Gasteiger partial charge in [0.25, 0.3) is 0 Å². The van der Waals surface area contributed by atoms with Gasteiger partial charge in [-0.25, -0.2) is 12.1 Å². The Morgan fingerprint density at radius 3 is 0.962 bits per heavy atom. The summed E-state index contributed by atoms with van der Waals surface area (Å²) in [5.74, 6) is 3.79. The van der Waals surface area contributed by atoms with Crippen LogP contribution in [0, 0.1) is 55.4 Å². The largest absolute Gasteiger partial charge is 0.748 e. The van der Waals surface area contributed by atoms with Crippen molar-refractivity contribution in [3.63, 3.8) is 0 Å². The summed E-state index contributed by atoms with van der Waals surface area (Å²) < 4.78 is 23.2. The summed E-state index contributed by atoms with van der Waals surface area (Å²) in [6, 6.07) is 35.6. The molecule has 0 N–H and O–H groups in total. The van der Waals surface area contributed by atoms with Crippen molar-refractivity contribution in [2.45, 2.75) is 55.4 Å². The van der Waals surface area contributed by atoms with Crippen molar-refractivity contribution < 1.29 is 36.0 Å². The fraction of sp³-hybridized carbons (Fsp3) is 0.261. The first-order valence-electron chi connectivity index (χ1n) is 17.6. The van der Waals surface area contributed by atoms with Crippen LogP contribution in [0.2, 0.25) is 0 Å². The Hall–Kier alpha value is -3.84. The smallest absolute Gasteiger partial charge is 0.124 e. The van der Waals surface area contributed by atoms with E-state index in [1.54, 1.807) is 28.4 Å². The molecule has 6 aromatic rings. The van der Waals surface area contributed by atoms with Gasteiger partial charge >= 0.3 is 0 Å². The van der Waals surface area contributed by atoms with Crippen molar-refractivity contribution in [2.24, 2.45) is 0 Å². The van der Waals surface area contributed by atoms with Gasteiger partial charge in [-0.1, -0.05) is 7.92 Å². The monoisotopic (exact) mass is 786 g/mol. The number of hydrogen-bond donors (Lipinski definition) is 0. The molecule has 0 aliphatic carbocycles. The molecule has 0 radical (unpaired) electrons. The second kappa shape index (κ2) is 18.5. The molecular formula is C46H52FeO4P2-6. The van der Waals surface area contributed by atoms with Crippen LogP contribution < -0.4 is 50.8 Å². The maximum atomic E-state index is 5.81. The molecule has 0 aromatic heterocycles. The standard InChI is InChI=1S/C41H47O4P2.C5H5.Fe/c1-24-16-32(17-25(2)38(24)42-9)46(33-18-26(3)39(43-10)27(4)19-33)36-14-13-15-37(36)47(34-20-28(5)40(44-11)29(6)21-34)35-22-30(7)41(45-12)31(8)23-35;1-2-4-5-3-1;/h13-23H,1-12H3;1-5H;/q-1;-5;. The zero-order valence-corrected chi connectivity index (χ0v) is 36.0. The van der Waals surface area contributed by atoms with Gasteiger partial charge in [-0.05, 0) is 178 Å². The van der Waals surface area contributed by atoms with Gasteiger partial charge in [0.15, 0.2) is 0 Å². The second-order valence-electron chi connectivity index (χ2n) is 13.4. The molecule has 0 bridgehead atoms. The molecule has 7 heteroatoms. The number of ether oxygens (including phenoxy) is 4. The number of benzene rings is 4. The van der Waals surface area contributed by atoms with Crippen LogP contribution in [0.25, 0.3) is 0 Å². The summed E-state index contributed by atoms with van der Waals surface area (Å²) in [7, 11) is 5.16. The maximum absolute atomic E-state index is 5.81. The fourth-order valence-electron chi connectivity index (χ4n) is 7.47. The Kier molecular flexibility index (Phi) is 14.6. The Bertz CT molecular complexity index is 1780. The third kappa shape index (κ3) is 8.94. The van der Waals surface area contributed by atoms with Crippen molar-refractivity contribution in [1.82, 2.24) is 0 Å². The molecule has 53 heavy (non-hydrogen) atoms. The Morgan fingerprint density at radius 1 is 0.434 bits per heavy atom. The number of aryl methyl sites for hydroxylation is 8. The van der Waals surface area contributed by atoms with E-state index in [1.165, 1.54) is 31.8 Å². The summed E-state index contributed by atoms with van der Waals surface area (Å²) in [6.07, 6.45) is 0. The zero-order chi connectivity index (χ0) is 37.7. The zero-order valence-electron chi connectivity index (χ0n) is 33.1. The third-order valence-corrected chi connectivity index (χ3v) is 14.5. The van der Waals surface area contributed by atoms with Gasteiger partial charge < -0.3 is 49.3 Å². The molecule has 0 aliphatic rings. The molecule has 6 aromatic carbocycles. The van der Waals surface area contributed by atoms with Gasteiger partial charge in [0.2, 0.25) is 0 Å². The van der Waals surface area contributed by atoms with Crippen molar-refractivity contribution in [3.8, 4) is 23.0 Å². The molecule has 0 saturated heterocycles. The van der Waals surface area contributed by atoms with E-state index < -0.39 is 15.8 Å². The van der Waals surface area contributed by atoms with Crippen LogP contribution in [0.4, 0.5) is 0 Å². The number of methoxy groups -OCH3 is 4. The van der Waals surface area contributed by atoms with E-state index in [0.29, 0.717) is 0 Å². The van der Waals surface area contributed by atoms with Gasteiger partial charge in [0.1, 0.15) is 23.0 Å². The Balaban J connectivity index is 0.000000964. The number of rotatable bonds is 10. The molecule has 0 saturated carbocycles. The van der Waals surface area contributed by atoms with Crippen LogP contribution in [0.3, 0.4) is 0 Å². The van der Waals surface area contributed by atoms with Gasteiger partial charge in [0.05, 0.1) is 28.4 Å². The van der Waals surface area contributed by atoms with E-state index in [9.17, 15) is 0 Å². The number of hydrogen-bond acceptors (Lipinski definition) is 4. The fourth-order valence-corrected chi connectivity index (χ4v) is 13.4. The first kappa shape index (κ1) is 41.9. The predicted molar refractivity (Wildman–Crippen MR) is 226 cm³/mol. The summed E-state index contributed by atoms with van der Waals surface area (Å²) >= 11 is 0. The molecule has 0 fully saturated rings. The molecule has 4 nitrogen and oxygen atoms in total. The van der Waals surface area contributed by atoms with Gasteiger partial charge in [-0.3, -0.25) is 0 Å². The van der Waals surface area contributed by atoms with Gasteiger partial charge in [-0.15, -0.1) is 10.6 Å². The molecule has 0 unspecified atom stereocenters. The molecule has 6 rings (SSSR count). The Morgan fingerprint density at radius 2 is 0.698 bits per heavy atom. The minimum absolute atomic E-state index is 0. The molecular weight excluding hydrogens is 734 g/mol. The predicted octanol–water partition coefficient (Wildman–Crippen LogP) is 8.83. The van der Waals surface area contributed by atoms with Crippen molar-refractivity contribution in [2.75, 3.05) is 28.4 Å². The molecule has 0 amide bonds. The van der Waals surface area contributed by atoms with E-state index in [4.69, 9.17) is 18.9 Å². The van der Waals surface area contributed by atoms with Crippen LogP contribution in [0.1, 0.15) is 44.5 Å². The van der Waals surface area contributed by atoms with E-state index in [2.05, 4.69) is 122 Å². The van der Waals surface area contributed by atoms with E-state index in [-0.39, 0.29) is 17.1 Å². The molecule has 0 atom stereocenters. The molecule has 0 heterocycles. The summed E-state index contributed by atoms with van der Waals surface area (Å²) in [5.41, 5.74) is 9.19. The Labute approximate surface area is 330 Å². The topological polar surface area (TPSA) is 36.9 Å². The summed E-state index contributed by atoms with van der Waals surface area (Å²) in [6.45, 7) is 17.2. The van der Waals surface area contributed by atoms with Crippen LogP contribution in [-0.4, -0.2) is 28.4 Å². The van der Waals surface area contributed by atoms with Gasteiger partial charge in [0, 0.05) is 17.1 Å². The molecule has 0 aliphatic heterocycles. The average molecular weight is 787 g/mol. The molecule has 0 spiro atoms. The van der Waals surface area contributed by atoms with Crippen LogP contribution in [-0.2, 0) is 17.1 Å². The van der Waals surface area contributed by atoms with Crippen molar-refractivity contribution >= 4 is 47.7 Å². The van der Waals surface area contributed by atoms with Crippen LogP contribution >= 0.6 is 15.8 Å². The summed E-state index contributed by atoms with van der Waals surface area (Å²) in [5, 5.41) is 7.99. The van der Waals surface area contributed by atoms with Gasteiger partial charge in [-0.2, -0.15) is 6.07 Å². The van der Waals surface area contributed by atoms with E-state index in [1.807, 2.05) is 30.3 Å². The quantitative estimate of drug-likeness (QED) is 0.0791. The SMILES string of the molecule is COc1c(C)cc(P(c2cc(C)c(OC)c(C)c2)c2ccc[c-]2P(c2cc(C)c(OC)c(C)c2)c2cc(C)c(OC)c(C)c2)cc1C.[Fe].[cH-]1[cH-][cH-][cH-][cH-]1.